The van der Waals surface area contributed by atoms with E-state index in [0.29, 0.717) is 6.04 Å². The van der Waals surface area contributed by atoms with Crippen molar-refractivity contribution in [2.75, 3.05) is 47.3 Å². The molecule has 0 saturated heterocycles. The van der Waals surface area contributed by atoms with Crippen molar-refractivity contribution in [3.05, 3.63) is 0 Å². The van der Waals surface area contributed by atoms with Crippen LogP contribution in [0.15, 0.2) is 0 Å². The first kappa shape index (κ1) is 15.9. The van der Waals surface area contributed by atoms with Gasteiger partial charge in [0.15, 0.2) is 0 Å². The van der Waals surface area contributed by atoms with Crippen LogP contribution in [0.2, 0.25) is 0 Å². The van der Waals surface area contributed by atoms with Crippen LogP contribution in [0.25, 0.3) is 0 Å². The zero-order chi connectivity index (χ0) is 12.6. The molecule has 0 radical (unpaired) electrons. The fraction of sp³-hybridized carbons (Fsp3) is 1.00. The van der Waals surface area contributed by atoms with Gasteiger partial charge >= 0.3 is 0 Å². The Bertz CT molecular complexity index is 159. The lowest BCUT2D eigenvalue weighted by atomic mass is 9.98. The lowest BCUT2D eigenvalue weighted by Gasteiger charge is -2.29. The second kappa shape index (κ2) is 8.97. The van der Waals surface area contributed by atoms with Crippen LogP contribution in [0.1, 0.15) is 27.2 Å². The maximum absolute atomic E-state index is 3.60. The van der Waals surface area contributed by atoms with E-state index in [4.69, 9.17) is 0 Å². The standard InChI is InChI=1S/C13H31N3/c1-7-12(3)13(14-8-2)11-16(6)10-9-15(4)5/h12-14H,7-11H2,1-6H3. The number of nitrogens with zero attached hydrogens (tertiary/aromatic N) is 2. The van der Waals surface area contributed by atoms with Gasteiger partial charge in [-0.05, 0) is 33.6 Å². The van der Waals surface area contributed by atoms with Crippen LogP contribution in [-0.2, 0) is 0 Å². The number of hydrogen-bond donors (Lipinski definition) is 1. The molecular weight excluding hydrogens is 198 g/mol. The monoisotopic (exact) mass is 229 g/mol. The van der Waals surface area contributed by atoms with Gasteiger partial charge in [-0.15, -0.1) is 0 Å². The third-order valence-corrected chi connectivity index (χ3v) is 3.23. The van der Waals surface area contributed by atoms with E-state index in [9.17, 15) is 0 Å². The van der Waals surface area contributed by atoms with E-state index in [-0.39, 0.29) is 0 Å². The summed E-state index contributed by atoms with van der Waals surface area (Å²) in [6.07, 6.45) is 1.25. The van der Waals surface area contributed by atoms with E-state index < -0.39 is 0 Å². The van der Waals surface area contributed by atoms with Gasteiger partial charge in [-0.25, -0.2) is 0 Å². The summed E-state index contributed by atoms with van der Waals surface area (Å²) < 4.78 is 0. The number of rotatable bonds is 9. The molecule has 0 rings (SSSR count). The summed E-state index contributed by atoms with van der Waals surface area (Å²) in [6, 6.07) is 0.627. The highest BCUT2D eigenvalue weighted by Gasteiger charge is 2.16. The molecule has 3 nitrogen and oxygen atoms in total. The Labute approximate surface area is 102 Å². The average molecular weight is 229 g/mol. The van der Waals surface area contributed by atoms with Gasteiger partial charge in [0.25, 0.3) is 0 Å². The fourth-order valence-electron chi connectivity index (χ4n) is 1.79. The highest BCUT2D eigenvalue weighted by Crippen LogP contribution is 2.08. The van der Waals surface area contributed by atoms with Crippen LogP contribution in [0.4, 0.5) is 0 Å². The Morgan fingerprint density at radius 2 is 1.69 bits per heavy atom. The quantitative estimate of drug-likeness (QED) is 0.646. The third kappa shape index (κ3) is 7.20. The molecule has 0 spiro atoms. The summed E-state index contributed by atoms with van der Waals surface area (Å²) in [7, 11) is 6.48. The molecule has 0 aliphatic carbocycles. The normalized spacial score (nSPS) is 15.8. The highest BCUT2D eigenvalue weighted by atomic mass is 15.2. The molecule has 16 heavy (non-hydrogen) atoms. The number of likely N-dealkylation sites (N-methyl/N-ethyl adjacent to an activating group) is 3. The predicted molar refractivity (Wildman–Crippen MR) is 73.0 cm³/mol. The van der Waals surface area contributed by atoms with Crippen LogP contribution in [0, 0.1) is 5.92 Å². The second-order valence-corrected chi connectivity index (χ2v) is 5.12. The Hall–Kier alpha value is -0.120. The fourth-order valence-corrected chi connectivity index (χ4v) is 1.79. The Morgan fingerprint density at radius 3 is 2.12 bits per heavy atom. The van der Waals surface area contributed by atoms with Crippen molar-refractivity contribution in [1.29, 1.82) is 0 Å². The summed E-state index contributed by atoms with van der Waals surface area (Å²) >= 11 is 0. The predicted octanol–water partition coefficient (Wildman–Crippen LogP) is 1.50. The van der Waals surface area contributed by atoms with E-state index in [1.807, 2.05) is 0 Å². The Balaban J connectivity index is 3.97. The van der Waals surface area contributed by atoms with Gasteiger partial charge < -0.3 is 15.1 Å². The molecule has 0 bridgehead atoms. The summed E-state index contributed by atoms with van der Waals surface area (Å²) in [5, 5.41) is 3.60. The largest absolute Gasteiger partial charge is 0.313 e. The molecule has 2 unspecified atom stereocenters. The highest BCUT2D eigenvalue weighted by molar-refractivity contribution is 4.75. The minimum Gasteiger partial charge on any atom is -0.313 e. The van der Waals surface area contributed by atoms with Gasteiger partial charge in [-0.2, -0.15) is 0 Å². The van der Waals surface area contributed by atoms with Crippen molar-refractivity contribution in [1.82, 2.24) is 15.1 Å². The summed E-state index contributed by atoms with van der Waals surface area (Å²) in [5.41, 5.74) is 0. The van der Waals surface area contributed by atoms with E-state index in [1.54, 1.807) is 0 Å². The third-order valence-electron chi connectivity index (χ3n) is 3.23. The zero-order valence-electron chi connectivity index (χ0n) is 12.1. The first-order valence-electron chi connectivity index (χ1n) is 6.57. The van der Waals surface area contributed by atoms with Crippen molar-refractivity contribution in [2.45, 2.75) is 33.2 Å². The molecule has 0 fully saturated rings. The van der Waals surface area contributed by atoms with Crippen LogP contribution in [-0.4, -0.2) is 63.2 Å². The van der Waals surface area contributed by atoms with E-state index in [0.717, 1.165) is 32.1 Å². The van der Waals surface area contributed by atoms with Crippen LogP contribution < -0.4 is 5.32 Å². The zero-order valence-corrected chi connectivity index (χ0v) is 12.1. The summed E-state index contributed by atoms with van der Waals surface area (Å²) in [4.78, 5) is 4.67. The number of nitrogens with one attached hydrogen (secondary N) is 1. The van der Waals surface area contributed by atoms with Gasteiger partial charge in [-0.1, -0.05) is 27.2 Å². The molecule has 0 saturated carbocycles. The van der Waals surface area contributed by atoms with Crippen molar-refractivity contribution >= 4 is 0 Å². The molecule has 98 valence electrons. The Morgan fingerprint density at radius 1 is 1.06 bits per heavy atom. The molecule has 2 atom stereocenters. The van der Waals surface area contributed by atoms with Gasteiger partial charge in [0, 0.05) is 25.7 Å². The molecule has 0 aromatic heterocycles. The van der Waals surface area contributed by atoms with Crippen LogP contribution >= 0.6 is 0 Å². The Kier molecular flexibility index (Phi) is 8.90. The van der Waals surface area contributed by atoms with Crippen LogP contribution in [0.5, 0.6) is 0 Å². The van der Waals surface area contributed by atoms with Crippen molar-refractivity contribution in [2.24, 2.45) is 5.92 Å². The van der Waals surface area contributed by atoms with E-state index >= 15 is 0 Å². The smallest absolute Gasteiger partial charge is 0.0220 e. The molecule has 0 aromatic carbocycles. The summed E-state index contributed by atoms with van der Waals surface area (Å²) in [6.45, 7) is 11.3. The lowest BCUT2D eigenvalue weighted by Crippen LogP contribution is -2.44. The molecule has 3 heteroatoms. The van der Waals surface area contributed by atoms with Crippen molar-refractivity contribution < 1.29 is 0 Å². The van der Waals surface area contributed by atoms with Crippen molar-refractivity contribution in [3.8, 4) is 0 Å². The van der Waals surface area contributed by atoms with Crippen molar-refractivity contribution in [3.63, 3.8) is 0 Å². The average Bonchev–Trinajstić information content (AvgIpc) is 2.24. The number of hydrogen-bond acceptors (Lipinski definition) is 3. The van der Waals surface area contributed by atoms with E-state index in [2.05, 4.69) is 57.0 Å². The van der Waals surface area contributed by atoms with Gasteiger partial charge in [0.2, 0.25) is 0 Å². The maximum Gasteiger partial charge on any atom is 0.0220 e. The second-order valence-electron chi connectivity index (χ2n) is 5.12. The molecule has 0 aliphatic rings. The van der Waals surface area contributed by atoms with Crippen LogP contribution in [0.3, 0.4) is 0 Å². The summed E-state index contributed by atoms with van der Waals surface area (Å²) in [5.74, 6) is 0.752. The minimum absolute atomic E-state index is 0.627. The SMILES string of the molecule is CCNC(CN(C)CCN(C)C)C(C)CC. The minimum atomic E-state index is 0.627. The molecule has 0 aliphatic heterocycles. The van der Waals surface area contributed by atoms with Gasteiger partial charge in [0.05, 0.1) is 0 Å². The maximum atomic E-state index is 3.60. The first-order chi connectivity index (χ1) is 7.51. The molecule has 0 amide bonds. The molecular formula is C13H31N3. The molecule has 0 heterocycles. The molecule has 0 aromatic rings. The first-order valence-corrected chi connectivity index (χ1v) is 6.57. The lowest BCUT2D eigenvalue weighted by molar-refractivity contribution is 0.227. The van der Waals surface area contributed by atoms with Gasteiger partial charge in [0.1, 0.15) is 0 Å². The topological polar surface area (TPSA) is 18.5 Å². The van der Waals surface area contributed by atoms with Gasteiger partial charge in [-0.3, -0.25) is 0 Å². The molecule has 1 N–H and O–H groups in total. The van der Waals surface area contributed by atoms with E-state index in [1.165, 1.54) is 6.42 Å².